The number of likely N-dealkylation sites (N-methyl/N-ethyl adjacent to an activating group) is 1. The van der Waals surface area contributed by atoms with Gasteiger partial charge in [-0.05, 0) is 102 Å². The predicted octanol–water partition coefficient (Wildman–Crippen LogP) is 20.3. The molecule has 0 aliphatic heterocycles. The van der Waals surface area contributed by atoms with Crippen LogP contribution in [0, 0.1) is 0 Å². The Morgan fingerprint density at radius 1 is 0.444 bits per heavy atom. The lowest BCUT2D eigenvalue weighted by Crippen LogP contribution is -2.47. The van der Waals surface area contributed by atoms with Gasteiger partial charge >= 0.3 is 5.97 Å². The molecule has 1 N–H and O–H groups in total. The highest BCUT2D eigenvalue weighted by Gasteiger charge is 2.27. The average Bonchev–Trinajstić information content (AvgIpc) is 3.43. The zero-order chi connectivity index (χ0) is 59.3. The second-order valence-corrected chi connectivity index (χ2v) is 24.6. The number of quaternary nitrogens is 1. The highest BCUT2D eigenvalue weighted by Crippen LogP contribution is 2.38. The van der Waals surface area contributed by atoms with Crippen LogP contribution < -0.4 is 10.2 Å². The molecule has 0 aromatic carbocycles. The van der Waals surface area contributed by atoms with Gasteiger partial charge in [-0.2, -0.15) is 0 Å². The Bertz CT molecular complexity index is 1750. The van der Waals surface area contributed by atoms with E-state index in [4.69, 9.17) is 13.8 Å². The Morgan fingerprint density at radius 2 is 0.802 bits per heavy atom. The molecule has 10 heteroatoms. The van der Waals surface area contributed by atoms with E-state index in [0.29, 0.717) is 17.4 Å². The van der Waals surface area contributed by atoms with Crippen molar-refractivity contribution in [1.82, 2.24) is 5.32 Å². The third-order valence-electron chi connectivity index (χ3n) is 14.2. The fourth-order valence-corrected chi connectivity index (χ4v) is 9.83. The summed E-state index contributed by atoms with van der Waals surface area (Å²) < 4.78 is 30.3. The minimum Gasteiger partial charge on any atom is -0.756 e. The van der Waals surface area contributed by atoms with Gasteiger partial charge in [0, 0.05) is 12.8 Å². The number of phosphoric ester groups is 1. The molecule has 1 amide bonds. The van der Waals surface area contributed by atoms with Crippen molar-refractivity contribution >= 4 is 19.7 Å². The van der Waals surface area contributed by atoms with Crippen molar-refractivity contribution in [3.05, 3.63) is 109 Å². The monoisotopic (exact) mass is 1150 g/mol. The highest BCUT2D eigenvalue weighted by molar-refractivity contribution is 7.45. The smallest absolute Gasteiger partial charge is 0.306 e. The van der Waals surface area contributed by atoms with E-state index in [0.717, 1.165) is 83.5 Å². The van der Waals surface area contributed by atoms with Gasteiger partial charge in [0.25, 0.3) is 7.82 Å². The molecule has 0 spiro atoms. The summed E-state index contributed by atoms with van der Waals surface area (Å²) in [5.74, 6) is -0.640. The maximum absolute atomic E-state index is 13.5. The molecule has 3 atom stereocenters. The van der Waals surface area contributed by atoms with Crippen LogP contribution in [0.1, 0.15) is 278 Å². The summed E-state index contributed by atoms with van der Waals surface area (Å²) in [5, 5.41) is 2.98. The van der Waals surface area contributed by atoms with Gasteiger partial charge in [-0.25, -0.2) is 0 Å². The summed E-state index contributed by atoms with van der Waals surface area (Å²) in [4.78, 5) is 40.0. The number of unbranched alkanes of at least 4 members (excludes halogenated alkanes) is 27. The maximum atomic E-state index is 13.5. The normalized spacial score (nSPS) is 14.3. The molecule has 0 rings (SSSR count). The number of nitrogens with zero attached hydrogens (tertiary/aromatic N) is 1. The topological polar surface area (TPSA) is 114 Å². The fourth-order valence-electron chi connectivity index (χ4n) is 9.10. The van der Waals surface area contributed by atoms with Gasteiger partial charge in [0.15, 0.2) is 0 Å². The lowest BCUT2D eigenvalue weighted by molar-refractivity contribution is -0.870. The van der Waals surface area contributed by atoms with E-state index in [9.17, 15) is 19.0 Å². The number of hydrogen-bond donors (Lipinski definition) is 1. The molecule has 466 valence electrons. The summed E-state index contributed by atoms with van der Waals surface area (Å²) in [7, 11) is 1.13. The van der Waals surface area contributed by atoms with Crippen LogP contribution in [0.15, 0.2) is 109 Å². The molecule has 0 aliphatic carbocycles. The van der Waals surface area contributed by atoms with Crippen LogP contribution in [0.5, 0.6) is 0 Å². The van der Waals surface area contributed by atoms with E-state index in [1.165, 1.54) is 154 Å². The molecule has 0 aliphatic rings. The molecule has 3 unspecified atom stereocenters. The number of phosphoric acid groups is 1. The average molecular weight is 1150 g/mol. The summed E-state index contributed by atoms with van der Waals surface area (Å²) in [5.41, 5.74) is 0. The van der Waals surface area contributed by atoms with Crippen LogP contribution in [0.4, 0.5) is 0 Å². The first-order valence-electron chi connectivity index (χ1n) is 33.2. The summed E-state index contributed by atoms with van der Waals surface area (Å²) in [6, 6.07) is -0.935. The van der Waals surface area contributed by atoms with Gasteiger partial charge in [0.2, 0.25) is 5.91 Å². The van der Waals surface area contributed by atoms with Crippen molar-refractivity contribution < 1.29 is 37.3 Å². The first kappa shape index (κ1) is 77.7. The third-order valence-corrected chi connectivity index (χ3v) is 15.2. The number of ether oxygens (including phenoxy) is 1. The Morgan fingerprint density at radius 3 is 1.23 bits per heavy atom. The van der Waals surface area contributed by atoms with Crippen LogP contribution >= 0.6 is 7.82 Å². The molecule has 0 aromatic rings. The molecule has 0 aromatic heterocycles. The second kappa shape index (κ2) is 59.8. The van der Waals surface area contributed by atoms with E-state index < -0.39 is 26.6 Å². The van der Waals surface area contributed by atoms with Crippen LogP contribution in [-0.4, -0.2) is 69.4 Å². The lowest BCUT2D eigenvalue weighted by Gasteiger charge is -2.30. The van der Waals surface area contributed by atoms with Crippen LogP contribution in [-0.2, 0) is 27.9 Å². The number of nitrogens with one attached hydrogen (secondary N) is 1. The number of amides is 1. The lowest BCUT2D eigenvalue weighted by atomic mass is 10.0. The minimum atomic E-state index is -4.73. The number of esters is 1. The molecule has 0 heterocycles. The first-order chi connectivity index (χ1) is 39.4. The van der Waals surface area contributed by atoms with Crippen LogP contribution in [0.25, 0.3) is 0 Å². The molecule has 0 saturated carbocycles. The number of carbonyl (C=O) groups excluding carboxylic acids is 2. The van der Waals surface area contributed by atoms with E-state index >= 15 is 0 Å². The Balaban J connectivity index is 5.17. The Kier molecular flexibility index (Phi) is 57.4. The highest BCUT2D eigenvalue weighted by atomic mass is 31.2. The van der Waals surface area contributed by atoms with E-state index in [1.54, 1.807) is 0 Å². The molecule has 0 radical (unpaired) electrons. The van der Waals surface area contributed by atoms with Crippen molar-refractivity contribution in [2.24, 2.45) is 0 Å². The zero-order valence-electron chi connectivity index (χ0n) is 53.2. The number of rotatable bonds is 59. The second-order valence-electron chi connectivity index (χ2n) is 23.2. The van der Waals surface area contributed by atoms with Gasteiger partial charge in [-0.1, -0.05) is 272 Å². The summed E-state index contributed by atoms with van der Waals surface area (Å²) in [6.45, 7) is 6.65. The van der Waals surface area contributed by atoms with E-state index in [1.807, 2.05) is 45.4 Å². The molecule has 9 nitrogen and oxygen atoms in total. The Labute approximate surface area is 500 Å². The standard InChI is InChI=1S/C71H125N2O7P/c1-7-10-13-16-19-22-25-27-29-31-33-34-35-36-37-38-40-42-44-46-49-52-55-58-61-64-71(75)80-69(62-59-56-53-50-47-24-21-18-15-12-9-3)68(67-79-81(76,77)78-66-65-73(4,5)6)72-70(74)63-60-57-54-51-48-45-43-41-39-32-30-28-26-23-20-17-14-11-8-2/h11,14,19-20,22-23,27-30,39,41,45,48,54,57,59,62,68-69H,7-10,12-13,15-18,21,24-26,31-38,40,42-44,46-47,49-53,55-56,58,60-61,63-67H2,1-6H3,(H-,72,74,76,77)/b14-11-,22-19-,23-20-,29-27-,30-28-,41-39-,48-45-,57-54-,62-59-. The molecular formula is C71H125N2O7P. The van der Waals surface area contributed by atoms with Gasteiger partial charge < -0.3 is 28.5 Å². The molecular weight excluding hydrogens is 1020 g/mol. The predicted molar refractivity (Wildman–Crippen MR) is 348 cm³/mol. The number of allylic oxidation sites excluding steroid dienone is 17. The SMILES string of the molecule is CC/C=C\C/C=C\C/C=C\C/C=C\C/C=C\C/C=C\CCC(=O)NC(COP(=O)([O-])OCC[N+](C)(C)C)C(/C=C\CCCCCCCCCCC)OC(=O)CCCCCCCCCCCCCCCCC/C=C\C/C=C\CCCCC. The van der Waals surface area contributed by atoms with E-state index in [2.05, 4.69) is 111 Å². The van der Waals surface area contributed by atoms with Crippen LogP contribution in [0.2, 0.25) is 0 Å². The van der Waals surface area contributed by atoms with Crippen molar-refractivity contribution in [2.45, 2.75) is 290 Å². The maximum Gasteiger partial charge on any atom is 0.306 e. The quantitative estimate of drug-likeness (QED) is 0.0212. The van der Waals surface area contributed by atoms with Gasteiger partial charge in [0.1, 0.15) is 19.3 Å². The van der Waals surface area contributed by atoms with Gasteiger partial charge in [-0.3, -0.25) is 14.2 Å². The molecule has 0 fully saturated rings. The molecule has 0 bridgehead atoms. The largest absolute Gasteiger partial charge is 0.756 e. The Hall–Kier alpha value is -3.33. The summed E-state index contributed by atoms with van der Waals surface area (Å²) >= 11 is 0. The van der Waals surface area contributed by atoms with Gasteiger partial charge in [-0.15, -0.1) is 0 Å². The number of carbonyl (C=O) groups is 2. The third kappa shape index (κ3) is 61.1. The van der Waals surface area contributed by atoms with Crippen molar-refractivity contribution in [2.75, 3.05) is 40.9 Å². The first-order valence-corrected chi connectivity index (χ1v) is 34.7. The van der Waals surface area contributed by atoms with Crippen molar-refractivity contribution in [3.8, 4) is 0 Å². The fraction of sp³-hybridized carbons (Fsp3) is 0.718. The van der Waals surface area contributed by atoms with Crippen molar-refractivity contribution in [3.63, 3.8) is 0 Å². The van der Waals surface area contributed by atoms with Crippen molar-refractivity contribution in [1.29, 1.82) is 0 Å². The number of hydrogen-bond acceptors (Lipinski definition) is 7. The van der Waals surface area contributed by atoms with E-state index in [-0.39, 0.29) is 31.3 Å². The van der Waals surface area contributed by atoms with Crippen LogP contribution in [0.3, 0.4) is 0 Å². The minimum absolute atomic E-state index is 0.0402. The molecule has 0 saturated heterocycles. The van der Waals surface area contributed by atoms with Gasteiger partial charge in [0.05, 0.1) is 33.8 Å². The zero-order valence-corrected chi connectivity index (χ0v) is 54.1. The molecule has 81 heavy (non-hydrogen) atoms. The summed E-state index contributed by atoms with van der Waals surface area (Å²) in [6.07, 6.45) is 82.3.